The van der Waals surface area contributed by atoms with Gasteiger partial charge in [-0.2, -0.15) is 17.0 Å². The normalized spacial score (nSPS) is 21.3. The lowest BCUT2D eigenvalue weighted by molar-refractivity contribution is 0.0692. The molecule has 3 rings (SSSR count). The van der Waals surface area contributed by atoms with E-state index in [-0.39, 0.29) is 17.4 Å². The van der Waals surface area contributed by atoms with Crippen LogP contribution in [0.25, 0.3) is 0 Å². The summed E-state index contributed by atoms with van der Waals surface area (Å²) in [6.07, 6.45) is 3.12. The molecule has 0 amide bonds. The van der Waals surface area contributed by atoms with Gasteiger partial charge in [-0.25, -0.2) is 4.98 Å². The third-order valence-corrected chi connectivity index (χ3v) is 7.18. The smallest absolute Gasteiger partial charge is 0.282 e. The van der Waals surface area contributed by atoms with Gasteiger partial charge in [0.15, 0.2) is 0 Å². The van der Waals surface area contributed by atoms with E-state index in [1.807, 2.05) is 13.8 Å². The molecule has 26 heavy (non-hydrogen) atoms. The lowest BCUT2D eigenvalue weighted by Crippen LogP contribution is -2.51. The fraction of sp³-hybridized carbons (Fsp3) is 0.765. The van der Waals surface area contributed by atoms with Gasteiger partial charge in [0.1, 0.15) is 0 Å². The first kappa shape index (κ1) is 19.5. The predicted octanol–water partition coefficient (Wildman–Crippen LogP) is 0.656. The van der Waals surface area contributed by atoms with Crippen LogP contribution in [0.1, 0.15) is 38.3 Å². The van der Waals surface area contributed by atoms with E-state index in [1.54, 1.807) is 21.3 Å². The number of hydrogen-bond donors (Lipinski definition) is 0. The molecular formula is C17H28N4O4S. The van der Waals surface area contributed by atoms with Crippen LogP contribution < -0.4 is 5.56 Å². The number of rotatable bonds is 5. The van der Waals surface area contributed by atoms with Crippen LogP contribution in [0.4, 0.5) is 0 Å². The molecule has 0 atom stereocenters. The van der Waals surface area contributed by atoms with E-state index < -0.39 is 10.2 Å². The Kier molecular flexibility index (Phi) is 6.11. The second kappa shape index (κ2) is 8.16. The average Bonchev–Trinajstić information content (AvgIpc) is 2.64. The SMILES string of the molecule is CC(C)c1cc(=O)n(CC2CCN(S(=O)(=O)N3CCOCC3)CC2)cn1. The van der Waals surface area contributed by atoms with E-state index in [0.717, 1.165) is 18.5 Å². The van der Waals surface area contributed by atoms with Gasteiger partial charge in [0.05, 0.1) is 25.2 Å². The first-order valence-corrected chi connectivity index (χ1v) is 10.7. The second-order valence-corrected chi connectivity index (χ2v) is 9.25. The van der Waals surface area contributed by atoms with Crippen molar-refractivity contribution in [3.8, 4) is 0 Å². The molecule has 2 fully saturated rings. The molecule has 2 aliphatic heterocycles. The van der Waals surface area contributed by atoms with E-state index in [0.29, 0.717) is 45.9 Å². The van der Waals surface area contributed by atoms with Crippen molar-refractivity contribution in [1.82, 2.24) is 18.2 Å². The van der Waals surface area contributed by atoms with Crippen molar-refractivity contribution in [3.05, 3.63) is 28.4 Å². The van der Waals surface area contributed by atoms with Gasteiger partial charge in [0.2, 0.25) is 0 Å². The molecule has 146 valence electrons. The van der Waals surface area contributed by atoms with Gasteiger partial charge in [0.25, 0.3) is 15.8 Å². The number of piperidine rings is 1. The predicted molar refractivity (Wildman–Crippen MR) is 98.2 cm³/mol. The molecule has 3 heterocycles. The highest BCUT2D eigenvalue weighted by Crippen LogP contribution is 2.23. The molecule has 0 aliphatic carbocycles. The van der Waals surface area contributed by atoms with Gasteiger partial charge in [-0.15, -0.1) is 0 Å². The van der Waals surface area contributed by atoms with Gasteiger partial charge in [-0.05, 0) is 24.7 Å². The molecule has 8 nitrogen and oxygen atoms in total. The molecule has 9 heteroatoms. The first-order chi connectivity index (χ1) is 12.4. The number of aromatic nitrogens is 2. The van der Waals surface area contributed by atoms with Crippen LogP contribution in [0.15, 0.2) is 17.2 Å². The van der Waals surface area contributed by atoms with Crippen LogP contribution in [-0.2, 0) is 21.5 Å². The van der Waals surface area contributed by atoms with E-state index in [1.165, 1.54) is 4.31 Å². The third-order valence-electron chi connectivity index (χ3n) is 5.14. The van der Waals surface area contributed by atoms with Crippen molar-refractivity contribution in [2.45, 2.75) is 39.2 Å². The average molecular weight is 385 g/mol. The van der Waals surface area contributed by atoms with Crippen LogP contribution in [-0.4, -0.2) is 66.0 Å². The summed E-state index contributed by atoms with van der Waals surface area (Å²) in [7, 11) is -3.40. The Morgan fingerprint density at radius 3 is 2.35 bits per heavy atom. The Morgan fingerprint density at radius 2 is 1.77 bits per heavy atom. The maximum Gasteiger partial charge on any atom is 0.282 e. The molecule has 0 radical (unpaired) electrons. The lowest BCUT2D eigenvalue weighted by atomic mass is 9.98. The number of hydrogen-bond acceptors (Lipinski definition) is 5. The fourth-order valence-corrected chi connectivity index (χ4v) is 5.04. The Hall–Kier alpha value is -1.29. The lowest BCUT2D eigenvalue weighted by Gasteiger charge is -2.36. The molecule has 0 saturated carbocycles. The van der Waals surface area contributed by atoms with Crippen LogP contribution in [0.5, 0.6) is 0 Å². The number of nitrogens with zero attached hydrogens (tertiary/aromatic N) is 4. The largest absolute Gasteiger partial charge is 0.379 e. The molecular weight excluding hydrogens is 356 g/mol. The molecule has 0 spiro atoms. The maximum atomic E-state index is 12.7. The van der Waals surface area contributed by atoms with Crippen molar-refractivity contribution < 1.29 is 13.2 Å². The summed E-state index contributed by atoms with van der Waals surface area (Å²) in [5.74, 6) is 0.515. The van der Waals surface area contributed by atoms with Gasteiger partial charge in [-0.3, -0.25) is 9.36 Å². The summed E-state index contributed by atoms with van der Waals surface area (Å²) < 4.78 is 35.3. The summed E-state index contributed by atoms with van der Waals surface area (Å²) in [5, 5.41) is 0. The molecule has 1 aromatic heterocycles. The zero-order chi connectivity index (χ0) is 18.7. The third kappa shape index (κ3) is 4.33. The van der Waals surface area contributed by atoms with Crippen LogP contribution in [0, 0.1) is 5.92 Å². The summed E-state index contributed by atoms with van der Waals surface area (Å²) in [6.45, 7) is 7.36. The van der Waals surface area contributed by atoms with E-state index in [9.17, 15) is 13.2 Å². The van der Waals surface area contributed by atoms with E-state index in [2.05, 4.69) is 4.98 Å². The molecule has 0 aromatic carbocycles. The Labute approximate surface area is 155 Å². The molecule has 2 aliphatic rings. The standard InChI is InChI=1S/C17H28N4O4S/c1-14(2)16-11-17(22)19(13-18-16)12-15-3-5-20(6-4-15)26(23,24)21-7-9-25-10-8-21/h11,13-15H,3-10,12H2,1-2H3. The van der Waals surface area contributed by atoms with E-state index in [4.69, 9.17) is 4.74 Å². The summed E-state index contributed by atoms with van der Waals surface area (Å²) >= 11 is 0. The van der Waals surface area contributed by atoms with Crippen molar-refractivity contribution in [3.63, 3.8) is 0 Å². The zero-order valence-corrected chi connectivity index (χ0v) is 16.3. The Bertz CT molecular complexity index is 763. The summed E-state index contributed by atoms with van der Waals surface area (Å²) in [4.78, 5) is 16.6. The minimum atomic E-state index is -3.40. The topological polar surface area (TPSA) is 84.7 Å². The summed E-state index contributed by atoms with van der Waals surface area (Å²) in [6, 6.07) is 1.60. The second-order valence-electron chi connectivity index (χ2n) is 7.32. The maximum absolute atomic E-state index is 12.7. The Balaban J connectivity index is 1.58. The van der Waals surface area contributed by atoms with Gasteiger partial charge in [0, 0.05) is 38.8 Å². The van der Waals surface area contributed by atoms with Crippen LogP contribution >= 0.6 is 0 Å². The molecule has 0 N–H and O–H groups in total. The molecule has 2 saturated heterocycles. The fourth-order valence-electron chi connectivity index (χ4n) is 3.43. The molecule has 0 unspecified atom stereocenters. The molecule has 0 bridgehead atoms. The van der Waals surface area contributed by atoms with Crippen molar-refractivity contribution >= 4 is 10.2 Å². The number of ether oxygens (including phenoxy) is 1. The Morgan fingerprint density at radius 1 is 1.15 bits per heavy atom. The van der Waals surface area contributed by atoms with Crippen molar-refractivity contribution in [2.75, 3.05) is 39.4 Å². The van der Waals surface area contributed by atoms with Crippen molar-refractivity contribution in [2.24, 2.45) is 5.92 Å². The summed E-state index contributed by atoms with van der Waals surface area (Å²) in [5.41, 5.74) is 0.768. The van der Waals surface area contributed by atoms with Gasteiger partial charge >= 0.3 is 0 Å². The van der Waals surface area contributed by atoms with E-state index >= 15 is 0 Å². The zero-order valence-electron chi connectivity index (χ0n) is 15.5. The monoisotopic (exact) mass is 384 g/mol. The quantitative estimate of drug-likeness (QED) is 0.744. The minimum Gasteiger partial charge on any atom is -0.379 e. The minimum absolute atomic E-state index is 0.0351. The van der Waals surface area contributed by atoms with Gasteiger partial charge < -0.3 is 4.74 Å². The van der Waals surface area contributed by atoms with Gasteiger partial charge in [-0.1, -0.05) is 13.8 Å². The van der Waals surface area contributed by atoms with Crippen LogP contribution in [0.2, 0.25) is 0 Å². The highest BCUT2D eigenvalue weighted by atomic mass is 32.2. The highest BCUT2D eigenvalue weighted by Gasteiger charge is 2.33. The first-order valence-electron chi connectivity index (χ1n) is 9.27. The van der Waals surface area contributed by atoms with Crippen LogP contribution in [0.3, 0.4) is 0 Å². The molecule has 1 aromatic rings. The van der Waals surface area contributed by atoms with Crippen molar-refractivity contribution in [1.29, 1.82) is 0 Å². The highest BCUT2D eigenvalue weighted by molar-refractivity contribution is 7.86. The number of morpholine rings is 1.